The number of fused-ring (bicyclic) bond motifs is 2. The van der Waals surface area contributed by atoms with Crippen molar-refractivity contribution in [2.75, 3.05) is 78.5 Å². The second kappa shape index (κ2) is 17.3. The summed E-state index contributed by atoms with van der Waals surface area (Å²) in [6.45, 7) is 10.0. The standard InChI is InChI=1S/C45H56N8O8/c1-6-27-22-50(25-36-38(60-4)19-29(20-39(36)61-5)34-24-48(3)42(56)35-26-52(45(59)46-2)14-12-31(34)35)13-11-28(27)23-49-15-17-51(18-16-49)30-7-8-32-33(21-30)44(58)53(43(32)57)37-9-10-40(54)47-41(37)55/h7-8,19-21,24,27-28,37H,6,9-18,22-23,25-26H2,1-5H3,(H,46,59)(H,47,54,55). The van der Waals surface area contributed by atoms with Gasteiger partial charge in [0.25, 0.3) is 17.4 Å². The Balaban J connectivity index is 0.895. The van der Waals surface area contributed by atoms with Gasteiger partial charge >= 0.3 is 6.03 Å². The number of ether oxygens (including phenoxy) is 2. The summed E-state index contributed by atoms with van der Waals surface area (Å²) >= 11 is 0. The molecule has 2 aromatic carbocycles. The van der Waals surface area contributed by atoms with Crippen molar-refractivity contribution in [3.05, 3.63) is 74.7 Å². The van der Waals surface area contributed by atoms with Crippen LogP contribution in [-0.4, -0.2) is 133 Å². The number of aryl methyl sites for hydroxylation is 1. The predicted octanol–water partition coefficient (Wildman–Crippen LogP) is 2.84. The van der Waals surface area contributed by atoms with Crippen LogP contribution in [0, 0.1) is 11.8 Å². The molecule has 2 N–H and O–H groups in total. The SMILES string of the molecule is CCC1CN(Cc2c(OC)cc(-c3cn(C)c(=O)c4c3CCN(C(=O)NC)C4)cc2OC)CCC1CN1CCN(c2ccc3c(c2)C(=O)N(C2CCC(=O)NC2=O)C3=O)CC1. The molecule has 0 saturated carbocycles. The second-order valence-corrected chi connectivity index (χ2v) is 16.9. The van der Waals surface area contributed by atoms with E-state index in [1.165, 1.54) is 0 Å². The fourth-order valence-electron chi connectivity index (χ4n) is 10.1. The number of imide groups is 2. The average Bonchev–Trinajstić information content (AvgIpc) is 3.52. The van der Waals surface area contributed by atoms with E-state index in [1.54, 1.807) is 49.9 Å². The minimum atomic E-state index is -0.981. The number of piperidine rings is 2. The van der Waals surface area contributed by atoms with Crippen LogP contribution in [0.2, 0.25) is 0 Å². The van der Waals surface area contributed by atoms with Gasteiger partial charge in [-0.1, -0.05) is 13.3 Å². The number of benzene rings is 2. The smallest absolute Gasteiger partial charge is 0.317 e. The van der Waals surface area contributed by atoms with E-state index in [1.807, 2.05) is 24.4 Å². The Morgan fingerprint density at radius 1 is 0.820 bits per heavy atom. The molecule has 16 nitrogen and oxygen atoms in total. The van der Waals surface area contributed by atoms with Crippen molar-refractivity contribution in [3.63, 3.8) is 0 Å². The lowest BCUT2D eigenvalue weighted by molar-refractivity contribution is -0.136. The number of carbonyl (C=O) groups is 5. The van der Waals surface area contributed by atoms with Gasteiger partial charge in [0.2, 0.25) is 11.8 Å². The van der Waals surface area contributed by atoms with Crippen molar-refractivity contribution in [2.45, 2.75) is 58.2 Å². The Morgan fingerprint density at radius 3 is 2.21 bits per heavy atom. The van der Waals surface area contributed by atoms with Crippen LogP contribution in [0.3, 0.4) is 0 Å². The lowest BCUT2D eigenvalue weighted by atomic mass is 9.83. The van der Waals surface area contributed by atoms with Gasteiger partial charge in [-0.25, -0.2) is 4.79 Å². The van der Waals surface area contributed by atoms with E-state index in [2.05, 4.69) is 32.3 Å². The van der Waals surface area contributed by atoms with Crippen LogP contribution in [0.25, 0.3) is 11.1 Å². The highest BCUT2D eigenvalue weighted by molar-refractivity contribution is 6.23. The maximum atomic E-state index is 13.4. The molecule has 3 atom stereocenters. The van der Waals surface area contributed by atoms with Crippen LogP contribution in [0.5, 0.6) is 11.5 Å². The fourth-order valence-corrected chi connectivity index (χ4v) is 10.1. The highest BCUT2D eigenvalue weighted by Gasteiger charge is 2.45. The van der Waals surface area contributed by atoms with E-state index in [-0.39, 0.29) is 31.0 Å². The fraction of sp³-hybridized carbons (Fsp3) is 0.511. The third kappa shape index (κ3) is 7.98. The molecule has 3 aromatic rings. The van der Waals surface area contributed by atoms with Crippen molar-refractivity contribution < 1.29 is 33.4 Å². The number of hydrogen-bond acceptors (Lipinski definition) is 11. The average molecular weight is 837 g/mol. The van der Waals surface area contributed by atoms with Crippen molar-refractivity contribution in [2.24, 2.45) is 18.9 Å². The van der Waals surface area contributed by atoms with Crippen LogP contribution in [0.1, 0.15) is 70.0 Å². The molecule has 16 heteroatoms. The topological polar surface area (TPSA) is 166 Å². The number of nitrogens with zero attached hydrogens (tertiary/aromatic N) is 6. The minimum absolute atomic E-state index is 0.0872. The summed E-state index contributed by atoms with van der Waals surface area (Å²) in [7, 11) is 6.71. The van der Waals surface area contributed by atoms with Crippen molar-refractivity contribution in [1.82, 2.24) is 34.8 Å². The van der Waals surface area contributed by atoms with Gasteiger partial charge in [-0.3, -0.25) is 44.0 Å². The molecule has 3 fully saturated rings. The Kier molecular flexibility index (Phi) is 11.9. The first-order chi connectivity index (χ1) is 29.4. The summed E-state index contributed by atoms with van der Waals surface area (Å²) < 4.78 is 13.7. The Hall–Kier alpha value is -5.74. The van der Waals surface area contributed by atoms with E-state index < -0.39 is 29.7 Å². The molecule has 8 rings (SSSR count). The molecule has 6 amide bonds. The van der Waals surface area contributed by atoms with Crippen molar-refractivity contribution in [3.8, 4) is 22.6 Å². The first-order valence-electron chi connectivity index (χ1n) is 21.4. The maximum absolute atomic E-state index is 13.4. The predicted molar refractivity (Wildman–Crippen MR) is 228 cm³/mol. The van der Waals surface area contributed by atoms with Crippen LogP contribution in [-0.2, 0) is 36.1 Å². The van der Waals surface area contributed by atoms with Crippen molar-refractivity contribution in [1.29, 1.82) is 0 Å². The second-order valence-electron chi connectivity index (χ2n) is 16.9. The van der Waals surface area contributed by atoms with Crippen LogP contribution < -0.4 is 30.6 Å². The quantitative estimate of drug-likeness (QED) is 0.289. The molecular formula is C45H56N8O8. The van der Waals surface area contributed by atoms with E-state index in [4.69, 9.17) is 9.47 Å². The molecule has 0 radical (unpaired) electrons. The first-order valence-corrected chi connectivity index (χ1v) is 21.4. The molecule has 0 bridgehead atoms. The summed E-state index contributed by atoms with van der Waals surface area (Å²) in [5.41, 5.74) is 5.78. The third-order valence-corrected chi connectivity index (χ3v) is 13.5. The van der Waals surface area contributed by atoms with E-state index in [0.29, 0.717) is 48.0 Å². The summed E-state index contributed by atoms with van der Waals surface area (Å²) in [6.07, 6.45) is 4.80. The van der Waals surface area contributed by atoms with Crippen LogP contribution >= 0.6 is 0 Å². The van der Waals surface area contributed by atoms with Gasteiger partial charge in [0.15, 0.2) is 0 Å². The summed E-state index contributed by atoms with van der Waals surface area (Å²) in [5, 5.41) is 4.93. The van der Waals surface area contributed by atoms with E-state index in [0.717, 1.165) is 103 Å². The Morgan fingerprint density at radius 2 is 1.54 bits per heavy atom. The Labute approximate surface area is 355 Å². The monoisotopic (exact) mass is 836 g/mol. The van der Waals surface area contributed by atoms with Gasteiger partial charge in [-0.15, -0.1) is 0 Å². The van der Waals surface area contributed by atoms with Crippen LogP contribution in [0.15, 0.2) is 41.3 Å². The number of nitrogens with one attached hydrogen (secondary N) is 2. The van der Waals surface area contributed by atoms with Gasteiger partial charge in [0, 0.05) is 95.9 Å². The largest absolute Gasteiger partial charge is 0.496 e. The van der Waals surface area contributed by atoms with Gasteiger partial charge in [-0.05, 0) is 79.1 Å². The third-order valence-electron chi connectivity index (χ3n) is 13.5. The number of urea groups is 1. The number of carbonyl (C=O) groups excluding carboxylic acids is 5. The summed E-state index contributed by atoms with van der Waals surface area (Å²) in [5.74, 6) is 0.554. The maximum Gasteiger partial charge on any atom is 0.317 e. The normalized spacial score (nSPS) is 22.2. The molecule has 5 aliphatic heterocycles. The lowest BCUT2D eigenvalue weighted by Gasteiger charge is -2.43. The molecule has 0 spiro atoms. The molecule has 3 unspecified atom stereocenters. The number of methoxy groups -OCH3 is 2. The number of amides is 6. The molecule has 6 heterocycles. The first kappa shape index (κ1) is 42.0. The summed E-state index contributed by atoms with van der Waals surface area (Å²) in [6, 6.07) is 8.26. The van der Waals surface area contributed by atoms with Crippen molar-refractivity contribution >= 4 is 35.3 Å². The van der Waals surface area contributed by atoms with Gasteiger partial charge in [0.05, 0.1) is 37.5 Å². The summed E-state index contributed by atoms with van der Waals surface area (Å²) in [4.78, 5) is 86.5. The van der Waals surface area contributed by atoms with Gasteiger partial charge < -0.3 is 29.2 Å². The Bertz CT molecular complexity index is 2290. The zero-order chi connectivity index (χ0) is 43.1. The van der Waals surface area contributed by atoms with E-state index in [9.17, 15) is 28.8 Å². The number of hydrogen-bond donors (Lipinski definition) is 2. The molecule has 61 heavy (non-hydrogen) atoms. The number of rotatable bonds is 10. The zero-order valence-electron chi connectivity index (χ0n) is 35.8. The minimum Gasteiger partial charge on any atom is -0.496 e. The number of pyridine rings is 1. The van der Waals surface area contributed by atoms with Gasteiger partial charge in [-0.2, -0.15) is 0 Å². The highest BCUT2D eigenvalue weighted by atomic mass is 16.5. The number of anilines is 1. The number of piperazine rings is 1. The van der Waals surface area contributed by atoms with Gasteiger partial charge in [0.1, 0.15) is 17.5 Å². The molecule has 324 valence electrons. The number of likely N-dealkylation sites (tertiary alicyclic amines) is 1. The number of aromatic nitrogens is 1. The van der Waals surface area contributed by atoms with E-state index >= 15 is 0 Å². The molecule has 1 aromatic heterocycles. The lowest BCUT2D eigenvalue weighted by Crippen LogP contribution is -2.54. The molecular weight excluding hydrogens is 781 g/mol. The molecule has 0 aliphatic carbocycles. The molecule has 5 aliphatic rings. The highest BCUT2D eigenvalue weighted by Crippen LogP contribution is 2.40. The zero-order valence-corrected chi connectivity index (χ0v) is 35.8. The van der Waals surface area contributed by atoms with Crippen LogP contribution in [0.4, 0.5) is 10.5 Å². The molecule has 3 saturated heterocycles.